The van der Waals surface area contributed by atoms with Crippen molar-refractivity contribution in [1.82, 2.24) is 0 Å². The van der Waals surface area contributed by atoms with Crippen molar-refractivity contribution in [3.05, 3.63) is 23.8 Å². The Balaban J connectivity index is 3.03. The maximum atomic E-state index is 12.1. The van der Waals surface area contributed by atoms with Crippen molar-refractivity contribution in [2.24, 2.45) is 0 Å². The van der Waals surface area contributed by atoms with Crippen molar-refractivity contribution >= 4 is 5.97 Å². The Bertz CT molecular complexity index is 472. The third kappa shape index (κ3) is 5.29. The lowest BCUT2D eigenvalue weighted by molar-refractivity contribution is -0.275. The monoisotopic (exact) mass is 300 g/mol. The van der Waals surface area contributed by atoms with Crippen LogP contribution in [-0.4, -0.2) is 26.1 Å². The molecule has 0 amide bonds. The van der Waals surface area contributed by atoms with Gasteiger partial charge in [0.2, 0.25) is 0 Å². The van der Waals surface area contributed by atoms with E-state index in [1.807, 2.05) is 0 Å². The fraction of sp³-hybridized carbons (Fsp3) is 0.364. The molecular weight excluding hydrogens is 291 g/mol. The van der Waals surface area contributed by atoms with Crippen LogP contribution in [0.1, 0.15) is 5.56 Å². The molecule has 9 heteroatoms. The molecule has 0 aliphatic rings. The van der Waals surface area contributed by atoms with Crippen LogP contribution >= 0.6 is 0 Å². The molecule has 0 N–H and O–H groups in total. The van der Waals surface area contributed by atoms with E-state index in [0.717, 1.165) is 25.3 Å². The van der Waals surface area contributed by atoms with E-state index < -0.39 is 30.4 Å². The number of benzene rings is 1. The standard InChI is InChI=1S/C11H9F5O4/c1-18-9(17)5-6-2-3-7(20-11(14,15)16)8(4-6)19-10(12)13/h2-4,10H,5H2,1H3. The second-order valence-electron chi connectivity index (χ2n) is 3.46. The lowest BCUT2D eigenvalue weighted by Crippen LogP contribution is -2.18. The number of ether oxygens (including phenoxy) is 3. The second kappa shape index (κ2) is 6.40. The van der Waals surface area contributed by atoms with Gasteiger partial charge in [0, 0.05) is 0 Å². The predicted octanol–water partition coefficient (Wildman–Crippen LogP) is 2.90. The number of carbonyl (C=O) groups is 1. The molecule has 0 saturated heterocycles. The Labute approximate surface area is 110 Å². The van der Waals surface area contributed by atoms with E-state index in [1.165, 1.54) is 0 Å². The molecule has 0 aliphatic carbocycles. The molecule has 4 nitrogen and oxygen atoms in total. The van der Waals surface area contributed by atoms with Crippen LogP contribution in [0.25, 0.3) is 0 Å². The van der Waals surface area contributed by atoms with Gasteiger partial charge in [0.1, 0.15) is 0 Å². The Morgan fingerprint density at radius 3 is 2.40 bits per heavy atom. The Kier molecular flexibility index (Phi) is 5.12. The van der Waals surface area contributed by atoms with Crippen LogP contribution in [0.15, 0.2) is 18.2 Å². The van der Waals surface area contributed by atoms with E-state index in [9.17, 15) is 26.7 Å². The van der Waals surface area contributed by atoms with Gasteiger partial charge in [-0.05, 0) is 17.7 Å². The number of esters is 1. The number of methoxy groups -OCH3 is 1. The highest BCUT2D eigenvalue weighted by Crippen LogP contribution is 2.34. The number of alkyl halides is 5. The van der Waals surface area contributed by atoms with Gasteiger partial charge in [-0.3, -0.25) is 4.79 Å². The van der Waals surface area contributed by atoms with Crippen molar-refractivity contribution in [2.75, 3.05) is 7.11 Å². The largest absolute Gasteiger partial charge is 0.573 e. The van der Waals surface area contributed by atoms with Gasteiger partial charge in [0.15, 0.2) is 11.5 Å². The summed E-state index contributed by atoms with van der Waals surface area (Å²) >= 11 is 0. The molecular formula is C11H9F5O4. The third-order valence-corrected chi connectivity index (χ3v) is 2.03. The van der Waals surface area contributed by atoms with Gasteiger partial charge >= 0.3 is 18.9 Å². The summed E-state index contributed by atoms with van der Waals surface area (Å²) in [5.41, 5.74) is 0.141. The van der Waals surface area contributed by atoms with Crippen molar-refractivity contribution in [1.29, 1.82) is 0 Å². The van der Waals surface area contributed by atoms with Crippen LogP contribution in [0.3, 0.4) is 0 Å². The molecule has 1 aromatic carbocycles. The first-order chi connectivity index (χ1) is 9.21. The normalized spacial score (nSPS) is 11.3. The zero-order valence-electron chi connectivity index (χ0n) is 10.0. The fourth-order valence-corrected chi connectivity index (χ4v) is 1.30. The number of carbonyl (C=O) groups excluding carboxylic acids is 1. The number of halogens is 5. The maximum absolute atomic E-state index is 12.1. The van der Waals surface area contributed by atoms with Crippen molar-refractivity contribution in [2.45, 2.75) is 19.4 Å². The first-order valence-electron chi connectivity index (χ1n) is 5.11. The first kappa shape index (κ1) is 16.0. The van der Waals surface area contributed by atoms with Crippen LogP contribution in [0.4, 0.5) is 22.0 Å². The minimum atomic E-state index is -5.05. The zero-order valence-corrected chi connectivity index (χ0v) is 10.0. The molecule has 1 rings (SSSR count). The number of rotatable bonds is 5. The SMILES string of the molecule is COC(=O)Cc1ccc(OC(F)(F)F)c(OC(F)F)c1. The Morgan fingerprint density at radius 1 is 1.25 bits per heavy atom. The van der Waals surface area contributed by atoms with Crippen LogP contribution < -0.4 is 9.47 Å². The van der Waals surface area contributed by atoms with E-state index in [-0.39, 0.29) is 12.0 Å². The topological polar surface area (TPSA) is 44.8 Å². The summed E-state index contributed by atoms with van der Waals surface area (Å²) in [6.45, 7) is -3.33. The van der Waals surface area contributed by atoms with Gasteiger partial charge in [0.05, 0.1) is 13.5 Å². The van der Waals surface area contributed by atoms with Gasteiger partial charge in [-0.2, -0.15) is 8.78 Å². The molecule has 0 unspecified atom stereocenters. The summed E-state index contributed by atoms with van der Waals surface area (Å²) in [5, 5.41) is 0. The summed E-state index contributed by atoms with van der Waals surface area (Å²) in [5.74, 6) is -2.43. The minimum Gasteiger partial charge on any atom is -0.469 e. The van der Waals surface area contributed by atoms with Crippen LogP contribution in [0.5, 0.6) is 11.5 Å². The van der Waals surface area contributed by atoms with Crippen LogP contribution in [0.2, 0.25) is 0 Å². The molecule has 0 aromatic heterocycles. The minimum absolute atomic E-state index is 0.141. The Hall–Kier alpha value is -2.06. The summed E-state index contributed by atoms with van der Waals surface area (Å²) in [6, 6.07) is 2.74. The molecule has 0 heterocycles. The molecule has 0 atom stereocenters. The first-order valence-corrected chi connectivity index (χ1v) is 5.11. The average Bonchev–Trinajstić information content (AvgIpc) is 2.30. The molecule has 0 radical (unpaired) electrons. The van der Waals surface area contributed by atoms with Crippen LogP contribution in [-0.2, 0) is 16.0 Å². The van der Waals surface area contributed by atoms with Gasteiger partial charge in [-0.25, -0.2) is 0 Å². The molecule has 0 fully saturated rings. The predicted molar refractivity (Wildman–Crippen MR) is 55.5 cm³/mol. The van der Waals surface area contributed by atoms with Gasteiger partial charge in [-0.15, -0.1) is 13.2 Å². The quantitative estimate of drug-likeness (QED) is 0.619. The van der Waals surface area contributed by atoms with Crippen LogP contribution in [0, 0.1) is 0 Å². The summed E-state index contributed by atoms with van der Waals surface area (Å²) < 4.78 is 72.4. The van der Waals surface area contributed by atoms with Crippen molar-refractivity contribution < 1.29 is 41.0 Å². The second-order valence-corrected chi connectivity index (χ2v) is 3.46. The molecule has 112 valence electrons. The fourth-order valence-electron chi connectivity index (χ4n) is 1.30. The summed E-state index contributed by atoms with van der Waals surface area (Å²) in [7, 11) is 1.11. The molecule has 20 heavy (non-hydrogen) atoms. The lowest BCUT2D eigenvalue weighted by atomic mass is 10.1. The smallest absolute Gasteiger partial charge is 0.469 e. The zero-order chi connectivity index (χ0) is 15.3. The molecule has 0 saturated carbocycles. The number of hydrogen-bond acceptors (Lipinski definition) is 4. The molecule has 1 aromatic rings. The highest BCUT2D eigenvalue weighted by Gasteiger charge is 2.33. The molecule has 0 spiro atoms. The van der Waals surface area contributed by atoms with Gasteiger partial charge in [-0.1, -0.05) is 6.07 Å². The van der Waals surface area contributed by atoms with E-state index in [2.05, 4.69) is 14.2 Å². The Morgan fingerprint density at radius 2 is 1.90 bits per heavy atom. The van der Waals surface area contributed by atoms with Crippen molar-refractivity contribution in [3.63, 3.8) is 0 Å². The summed E-state index contributed by atoms with van der Waals surface area (Å²) in [6.07, 6.45) is -5.35. The molecule has 0 bridgehead atoms. The lowest BCUT2D eigenvalue weighted by Gasteiger charge is -2.14. The van der Waals surface area contributed by atoms with E-state index in [0.29, 0.717) is 0 Å². The van der Waals surface area contributed by atoms with Gasteiger partial charge < -0.3 is 14.2 Å². The maximum Gasteiger partial charge on any atom is 0.573 e. The highest BCUT2D eigenvalue weighted by atomic mass is 19.4. The van der Waals surface area contributed by atoms with Crippen molar-refractivity contribution in [3.8, 4) is 11.5 Å². The summed E-state index contributed by atoms with van der Waals surface area (Å²) in [4.78, 5) is 11.0. The van der Waals surface area contributed by atoms with E-state index in [4.69, 9.17) is 0 Å². The average molecular weight is 300 g/mol. The van der Waals surface area contributed by atoms with E-state index >= 15 is 0 Å². The van der Waals surface area contributed by atoms with Gasteiger partial charge in [0.25, 0.3) is 0 Å². The highest BCUT2D eigenvalue weighted by molar-refractivity contribution is 5.72. The number of hydrogen-bond donors (Lipinski definition) is 0. The van der Waals surface area contributed by atoms with E-state index in [1.54, 1.807) is 0 Å². The molecule has 0 aliphatic heterocycles. The third-order valence-electron chi connectivity index (χ3n) is 2.03.